The molecule has 0 amide bonds. The topological polar surface area (TPSA) is 63.6 Å². The van der Waals surface area contributed by atoms with Crippen LogP contribution in [-0.2, 0) is 14.3 Å². The Balaban J connectivity index is 2.18. The van der Waals surface area contributed by atoms with Crippen molar-refractivity contribution in [2.24, 2.45) is 11.3 Å². The minimum absolute atomic E-state index is 0.233. The lowest BCUT2D eigenvalue weighted by Crippen LogP contribution is -2.49. The maximum absolute atomic E-state index is 12.7. The number of rotatable bonds is 4. The van der Waals surface area contributed by atoms with Crippen molar-refractivity contribution in [2.75, 3.05) is 0 Å². The fourth-order valence-corrected chi connectivity index (χ4v) is 3.89. The molecule has 0 aromatic rings. The van der Waals surface area contributed by atoms with Crippen molar-refractivity contribution in [3.63, 3.8) is 0 Å². The number of carboxylic acid groups (broad SMARTS) is 1. The molecule has 1 N–H and O–H groups in total. The predicted molar refractivity (Wildman–Crippen MR) is 79.9 cm³/mol. The van der Waals surface area contributed by atoms with Crippen LogP contribution in [0.25, 0.3) is 0 Å². The van der Waals surface area contributed by atoms with Gasteiger partial charge in [0.1, 0.15) is 5.60 Å². The number of hydrogen-bond acceptors (Lipinski definition) is 3. The van der Waals surface area contributed by atoms with Crippen LogP contribution in [-0.4, -0.2) is 22.6 Å². The number of esters is 1. The summed E-state index contributed by atoms with van der Waals surface area (Å²) in [6.45, 7) is 4.15. The highest BCUT2D eigenvalue weighted by Gasteiger charge is 2.51. The van der Waals surface area contributed by atoms with Gasteiger partial charge in [0.15, 0.2) is 5.41 Å². The molecule has 2 rings (SSSR count). The van der Waals surface area contributed by atoms with E-state index in [0.29, 0.717) is 12.8 Å². The molecule has 120 valence electrons. The van der Waals surface area contributed by atoms with E-state index in [4.69, 9.17) is 4.74 Å². The van der Waals surface area contributed by atoms with Crippen LogP contribution in [0.1, 0.15) is 78.1 Å². The van der Waals surface area contributed by atoms with Crippen molar-refractivity contribution in [1.29, 1.82) is 0 Å². The summed E-state index contributed by atoms with van der Waals surface area (Å²) in [5.41, 5.74) is -1.74. The minimum atomic E-state index is -1.29. The lowest BCUT2D eigenvalue weighted by Gasteiger charge is -2.43. The minimum Gasteiger partial charge on any atom is -0.480 e. The third kappa shape index (κ3) is 3.09. The Hall–Kier alpha value is -1.06. The summed E-state index contributed by atoms with van der Waals surface area (Å²) < 4.78 is 5.92. The fraction of sp³-hybridized carbons (Fsp3) is 0.882. The summed E-state index contributed by atoms with van der Waals surface area (Å²) in [5, 5.41) is 9.61. The third-order valence-electron chi connectivity index (χ3n) is 5.56. The number of hydrogen-bond donors (Lipinski definition) is 1. The average Bonchev–Trinajstić information content (AvgIpc) is 2.48. The third-order valence-corrected chi connectivity index (χ3v) is 5.56. The van der Waals surface area contributed by atoms with Crippen LogP contribution in [0.3, 0.4) is 0 Å². The molecule has 0 heterocycles. The second-order valence-electron chi connectivity index (χ2n) is 7.12. The highest BCUT2D eigenvalue weighted by atomic mass is 16.6. The van der Waals surface area contributed by atoms with Crippen molar-refractivity contribution in [3.8, 4) is 0 Å². The molecule has 0 bridgehead atoms. The molecule has 0 aromatic carbocycles. The summed E-state index contributed by atoms with van der Waals surface area (Å²) in [4.78, 5) is 24.5. The summed E-state index contributed by atoms with van der Waals surface area (Å²) >= 11 is 0. The zero-order chi connectivity index (χ0) is 15.5. The van der Waals surface area contributed by atoms with Crippen LogP contribution in [0, 0.1) is 11.3 Å². The Morgan fingerprint density at radius 3 is 1.81 bits per heavy atom. The number of carbonyl (C=O) groups excluding carboxylic acids is 1. The quantitative estimate of drug-likeness (QED) is 0.631. The van der Waals surface area contributed by atoms with Crippen molar-refractivity contribution in [2.45, 2.75) is 83.7 Å². The first-order valence-electron chi connectivity index (χ1n) is 8.40. The molecule has 2 aliphatic rings. The van der Waals surface area contributed by atoms with E-state index in [1.54, 1.807) is 0 Å². The molecule has 0 aromatic heterocycles. The molecule has 0 radical (unpaired) electrons. The maximum Gasteiger partial charge on any atom is 0.324 e. The lowest BCUT2D eigenvalue weighted by atomic mass is 9.73. The van der Waals surface area contributed by atoms with Crippen LogP contribution >= 0.6 is 0 Å². The van der Waals surface area contributed by atoms with Gasteiger partial charge in [-0.2, -0.15) is 0 Å². The van der Waals surface area contributed by atoms with Gasteiger partial charge in [-0.25, -0.2) is 0 Å². The van der Waals surface area contributed by atoms with E-state index in [1.165, 1.54) is 6.42 Å². The van der Waals surface area contributed by atoms with Crippen LogP contribution in [0.4, 0.5) is 0 Å². The number of carboxylic acids is 1. The molecule has 4 nitrogen and oxygen atoms in total. The van der Waals surface area contributed by atoms with E-state index in [2.05, 4.69) is 13.8 Å². The lowest BCUT2D eigenvalue weighted by molar-refractivity contribution is -0.190. The van der Waals surface area contributed by atoms with Crippen LogP contribution in [0.5, 0.6) is 0 Å². The van der Waals surface area contributed by atoms with Gasteiger partial charge in [-0.05, 0) is 44.4 Å². The van der Waals surface area contributed by atoms with Crippen molar-refractivity contribution in [3.05, 3.63) is 0 Å². The second-order valence-corrected chi connectivity index (χ2v) is 7.12. The van der Waals surface area contributed by atoms with Gasteiger partial charge in [-0.3, -0.25) is 9.59 Å². The molecule has 0 unspecified atom stereocenters. The number of ether oxygens (including phenoxy) is 1. The smallest absolute Gasteiger partial charge is 0.324 e. The molecule has 2 fully saturated rings. The monoisotopic (exact) mass is 296 g/mol. The number of aliphatic carboxylic acids is 1. The van der Waals surface area contributed by atoms with Gasteiger partial charge in [0.2, 0.25) is 0 Å². The normalized spacial score (nSPS) is 24.5. The Bertz CT molecular complexity index is 388. The maximum atomic E-state index is 12.7. The highest BCUT2D eigenvalue weighted by molar-refractivity contribution is 5.99. The van der Waals surface area contributed by atoms with Gasteiger partial charge in [0.25, 0.3) is 0 Å². The Morgan fingerprint density at radius 1 is 0.905 bits per heavy atom. The Morgan fingerprint density at radius 2 is 1.38 bits per heavy atom. The molecule has 4 heteroatoms. The largest absolute Gasteiger partial charge is 0.480 e. The molecule has 21 heavy (non-hydrogen) atoms. The Kier molecular flexibility index (Phi) is 4.95. The first-order valence-corrected chi connectivity index (χ1v) is 8.40. The molecule has 0 spiro atoms. The van der Waals surface area contributed by atoms with Gasteiger partial charge in [0, 0.05) is 0 Å². The van der Waals surface area contributed by atoms with Gasteiger partial charge in [-0.1, -0.05) is 39.5 Å². The summed E-state index contributed by atoms with van der Waals surface area (Å²) in [7, 11) is 0. The van der Waals surface area contributed by atoms with Crippen molar-refractivity contribution < 1.29 is 19.4 Å². The van der Waals surface area contributed by atoms with E-state index < -0.39 is 23.0 Å². The summed E-state index contributed by atoms with van der Waals surface area (Å²) in [6.07, 6.45) is 8.50. The van der Waals surface area contributed by atoms with Gasteiger partial charge >= 0.3 is 11.9 Å². The van der Waals surface area contributed by atoms with Crippen molar-refractivity contribution in [1.82, 2.24) is 0 Å². The molecule has 2 saturated carbocycles. The first kappa shape index (κ1) is 16.3. The first-order chi connectivity index (χ1) is 9.93. The van der Waals surface area contributed by atoms with Crippen LogP contribution < -0.4 is 0 Å². The van der Waals surface area contributed by atoms with Gasteiger partial charge in [0.05, 0.1) is 0 Å². The average molecular weight is 296 g/mol. The zero-order valence-corrected chi connectivity index (χ0v) is 13.3. The molecular weight excluding hydrogens is 268 g/mol. The molecule has 0 saturated heterocycles. The van der Waals surface area contributed by atoms with Crippen LogP contribution in [0.15, 0.2) is 0 Å². The molecule has 0 atom stereocenters. The summed E-state index contributed by atoms with van der Waals surface area (Å²) in [5.74, 6) is -1.25. The van der Waals surface area contributed by atoms with E-state index >= 15 is 0 Å². The fourth-order valence-electron chi connectivity index (χ4n) is 3.89. The van der Waals surface area contributed by atoms with Crippen LogP contribution in [0.2, 0.25) is 0 Å². The molecule has 2 aliphatic carbocycles. The summed E-state index contributed by atoms with van der Waals surface area (Å²) in [6, 6.07) is 0. The number of carbonyl (C=O) groups is 2. The van der Waals surface area contributed by atoms with E-state index in [-0.39, 0.29) is 5.92 Å². The highest BCUT2D eigenvalue weighted by Crippen LogP contribution is 2.43. The van der Waals surface area contributed by atoms with E-state index in [0.717, 1.165) is 44.9 Å². The standard InChI is InChI=1S/C17H28O4/c1-13(2)17(11-7-4-8-12-17)21-15(20)16(14(18)19)9-5-3-6-10-16/h13H,3-12H2,1-2H3,(H,18,19). The predicted octanol–water partition coefficient (Wildman–Crippen LogP) is 3.92. The molecular formula is C17H28O4. The van der Waals surface area contributed by atoms with Gasteiger partial charge in [-0.15, -0.1) is 0 Å². The zero-order valence-electron chi connectivity index (χ0n) is 13.3. The van der Waals surface area contributed by atoms with E-state index in [1.807, 2.05) is 0 Å². The Labute approximate surface area is 127 Å². The van der Waals surface area contributed by atoms with E-state index in [9.17, 15) is 14.7 Å². The van der Waals surface area contributed by atoms with Gasteiger partial charge < -0.3 is 9.84 Å². The molecule has 0 aliphatic heterocycles. The SMILES string of the molecule is CC(C)C1(OC(=O)C2(C(=O)O)CCCCC2)CCCCC1. The second kappa shape index (κ2) is 6.37. The van der Waals surface area contributed by atoms with Crippen molar-refractivity contribution >= 4 is 11.9 Å².